The van der Waals surface area contributed by atoms with Gasteiger partial charge in [0.1, 0.15) is 11.4 Å². The molecule has 0 aliphatic carbocycles. The summed E-state index contributed by atoms with van der Waals surface area (Å²) in [7, 11) is 0. The van der Waals surface area contributed by atoms with Crippen molar-refractivity contribution < 1.29 is 4.42 Å². The van der Waals surface area contributed by atoms with Crippen LogP contribution in [0, 0.1) is 0 Å². The monoisotopic (exact) mass is 598 g/mol. The normalized spacial score (nSPS) is 12.1. The summed E-state index contributed by atoms with van der Waals surface area (Å²) >= 11 is 3.67. The molecule has 0 N–H and O–H groups in total. The lowest BCUT2D eigenvalue weighted by Crippen LogP contribution is -2.11. The van der Waals surface area contributed by atoms with Gasteiger partial charge in [-0.2, -0.15) is 4.98 Å². The minimum atomic E-state index is 0.641. The summed E-state index contributed by atoms with van der Waals surface area (Å²) in [6, 6.07) is 47.8. The molecule has 0 saturated carbocycles. The van der Waals surface area contributed by atoms with Crippen LogP contribution in [0.5, 0.6) is 0 Å². The third-order valence-electron chi connectivity index (χ3n) is 8.66. The Kier molecular flexibility index (Phi) is 5.03. The molecule has 0 bridgehead atoms. The SMILES string of the molecule is c1ccc2cc3c(cc2c1)oc1nc(N(c2ccc4sc5ccccc5c4c2)c2ccc4sc5ccccc5c4c2)ccc13. The van der Waals surface area contributed by atoms with E-state index in [1.165, 1.54) is 45.7 Å². The zero-order valence-electron chi connectivity index (χ0n) is 23.3. The average Bonchev–Trinajstić information content (AvgIpc) is 3.74. The number of pyridine rings is 1. The van der Waals surface area contributed by atoms with Crippen LogP contribution < -0.4 is 4.90 Å². The van der Waals surface area contributed by atoms with E-state index >= 15 is 0 Å². The summed E-state index contributed by atoms with van der Waals surface area (Å²) in [6.45, 7) is 0. The molecule has 0 atom stereocenters. The Labute approximate surface area is 259 Å². The minimum Gasteiger partial charge on any atom is -0.438 e. The molecule has 0 fully saturated rings. The van der Waals surface area contributed by atoms with Gasteiger partial charge in [0.2, 0.25) is 5.71 Å². The highest BCUT2D eigenvalue weighted by molar-refractivity contribution is 7.26. The summed E-state index contributed by atoms with van der Waals surface area (Å²) in [4.78, 5) is 7.45. The van der Waals surface area contributed by atoms with E-state index in [1.54, 1.807) is 0 Å². The van der Waals surface area contributed by atoms with Crippen LogP contribution in [0.15, 0.2) is 138 Å². The number of fused-ring (bicyclic) bond motifs is 10. The Hall–Kier alpha value is -5.23. The smallest absolute Gasteiger partial charge is 0.229 e. The quantitative estimate of drug-likeness (QED) is 0.203. The number of benzene rings is 6. The molecule has 0 radical (unpaired) electrons. The number of aromatic nitrogens is 1. The lowest BCUT2D eigenvalue weighted by Gasteiger charge is -2.24. The predicted molar refractivity (Wildman–Crippen MR) is 189 cm³/mol. The zero-order chi connectivity index (χ0) is 28.8. The Morgan fingerprint density at radius 2 is 1.02 bits per heavy atom. The van der Waals surface area contributed by atoms with Crippen molar-refractivity contribution in [3.63, 3.8) is 0 Å². The lowest BCUT2D eigenvalue weighted by atomic mass is 10.1. The van der Waals surface area contributed by atoms with Gasteiger partial charge in [0.15, 0.2) is 0 Å². The molecule has 6 aromatic carbocycles. The van der Waals surface area contributed by atoms with Gasteiger partial charge in [-0.3, -0.25) is 4.90 Å². The molecule has 0 amide bonds. The molecule has 0 aliphatic rings. The highest BCUT2D eigenvalue weighted by Gasteiger charge is 2.19. The summed E-state index contributed by atoms with van der Waals surface area (Å²) < 4.78 is 11.6. The van der Waals surface area contributed by atoms with Gasteiger partial charge in [-0.1, -0.05) is 60.7 Å². The Bertz CT molecular complexity index is 2640. The highest BCUT2D eigenvalue weighted by Crippen LogP contribution is 2.43. The Morgan fingerprint density at radius 3 is 1.68 bits per heavy atom. The third-order valence-corrected chi connectivity index (χ3v) is 11.0. The van der Waals surface area contributed by atoms with Gasteiger partial charge in [0.05, 0.1) is 0 Å². The molecule has 4 heterocycles. The first kappa shape index (κ1) is 24.2. The number of rotatable bonds is 3. The van der Waals surface area contributed by atoms with E-state index in [0.29, 0.717) is 5.71 Å². The van der Waals surface area contributed by atoms with E-state index in [4.69, 9.17) is 9.40 Å². The molecule has 10 aromatic rings. The lowest BCUT2D eigenvalue weighted by molar-refractivity contribution is 0.655. The first-order chi connectivity index (χ1) is 21.8. The third kappa shape index (κ3) is 3.57. The van der Waals surface area contributed by atoms with Crippen LogP contribution in [-0.4, -0.2) is 4.98 Å². The van der Waals surface area contributed by atoms with Crippen molar-refractivity contribution in [2.75, 3.05) is 4.90 Å². The van der Waals surface area contributed by atoms with E-state index in [-0.39, 0.29) is 0 Å². The van der Waals surface area contributed by atoms with Gasteiger partial charge in [0.25, 0.3) is 0 Å². The standard InChI is InChI=1S/C39H22N2OS2/c1-2-8-24-20-33-30(19-23(24)7-1)29-15-18-38(40-39(29)42-33)41(25-13-16-36-31(21-25)27-9-3-5-11-34(27)43-36)26-14-17-37-32(22-26)28-10-4-6-12-35(28)44-37/h1-22H. The summed E-state index contributed by atoms with van der Waals surface area (Å²) in [5.41, 5.74) is 3.62. The Balaban J connectivity index is 1.22. The maximum absolute atomic E-state index is 6.42. The van der Waals surface area contributed by atoms with E-state index in [1.807, 2.05) is 22.7 Å². The molecule has 3 nitrogen and oxygen atoms in total. The summed E-state index contributed by atoms with van der Waals surface area (Å²) in [5.74, 6) is 0.818. The predicted octanol–water partition coefficient (Wildman–Crippen LogP) is 12.3. The molecule has 0 spiro atoms. The summed E-state index contributed by atoms with van der Waals surface area (Å²) in [5, 5.41) is 9.53. The molecular weight excluding hydrogens is 577 g/mol. The molecule has 5 heteroatoms. The molecule has 44 heavy (non-hydrogen) atoms. The number of anilines is 3. The van der Waals surface area contributed by atoms with Gasteiger partial charge < -0.3 is 4.42 Å². The Morgan fingerprint density at radius 1 is 0.455 bits per heavy atom. The molecule has 0 saturated heterocycles. The second-order valence-corrected chi connectivity index (χ2v) is 13.4. The van der Waals surface area contributed by atoms with Gasteiger partial charge in [-0.15, -0.1) is 22.7 Å². The summed E-state index contributed by atoms with van der Waals surface area (Å²) in [6.07, 6.45) is 0. The average molecular weight is 599 g/mol. The topological polar surface area (TPSA) is 29.3 Å². The van der Waals surface area contributed by atoms with Crippen LogP contribution in [0.3, 0.4) is 0 Å². The molecule has 0 aliphatic heterocycles. The maximum atomic E-state index is 6.42. The van der Waals surface area contributed by atoms with Crippen LogP contribution in [0.4, 0.5) is 17.2 Å². The molecule has 10 rings (SSSR count). The number of nitrogens with zero attached hydrogens (tertiary/aromatic N) is 2. The van der Waals surface area contributed by atoms with Gasteiger partial charge in [-0.05, 0) is 83.6 Å². The maximum Gasteiger partial charge on any atom is 0.229 e. The van der Waals surface area contributed by atoms with Crippen molar-refractivity contribution in [1.82, 2.24) is 4.98 Å². The van der Waals surface area contributed by atoms with Crippen molar-refractivity contribution in [2.45, 2.75) is 0 Å². The van der Waals surface area contributed by atoms with E-state index in [2.05, 4.69) is 138 Å². The number of hydrogen-bond donors (Lipinski definition) is 0. The molecule has 4 aromatic heterocycles. The van der Waals surface area contributed by atoms with Crippen molar-refractivity contribution >= 4 is 113 Å². The second kappa shape index (κ2) is 9.13. The fourth-order valence-corrected chi connectivity index (χ4v) is 8.75. The van der Waals surface area contributed by atoms with Crippen LogP contribution in [-0.2, 0) is 0 Å². The first-order valence-electron chi connectivity index (χ1n) is 14.6. The van der Waals surface area contributed by atoms with Gasteiger partial charge in [0, 0.05) is 62.5 Å². The van der Waals surface area contributed by atoms with Gasteiger partial charge in [-0.25, -0.2) is 0 Å². The first-order valence-corrected chi connectivity index (χ1v) is 16.2. The molecule has 206 valence electrons. The van der Waals surface area contributed by atoms with Crippen LogP contribution in [0.25, 0.3) is 73.2 Å². The van der Waals surface area contributed by atoms with E-state index in [9.17, 15) is 0 Å². The zero-order valence-corrected chi connectivity index (χ0v) is 25.0. The van der Waals surface area contributed by atoms with Crippen molar-refractivity contribution in [3.05, 3.63) is 133 Å². The fraction of sp³-hybridized carbons (Fsp3) is 0. The van der Waals surface area contributed by atoms with E-state index < -0.39 is 0 Å². The van der Waals surface area contributed by atoms with Crippen molar-refractivity contribution in [1.29, 1.82) is 0 Å². The van der Waals surface area contributed by atoms with Crippen LogP contribution in [0.2, 0.25) is 0 Å². The van der Waals surface area contributed by atoms with Crippen molar-refractivity contribution in [2.24, 2.45) is 0 Å². The number of thiophene rings is 2. The number of hydrogen-bond acceptors (Lipinski definition) is 5. The van der Waals surface area contributed by atoms with Crippen molar-refractivity contribution in [3.8, 4) is 0 Å². The van der Waals surface area contributed by atoms with Crippen LogP contribution in [0.1, 0.15) is 0 Å². The van der Waals surface area contributed by atoms with Gasteiger partial charge >= 0.3 is 0 Å². The van der Waals surface area contributed by atoms with Crippen LogP contribution >= 0.6 is 22.7 Å². The number of furan rings is 1. The fourth-order valence-electron chi connectivity index (χ4n) is 6.58. The van der Waals surface area contributed by atoms with E-state index in [0.717, 1.165) is 38.9 Å². The molecule has 0 unspecified atom stereocenters. The highest BCUT2D eigenvalue weighted by atomic mass is 32.1. The molecular formula is C39H22N2OS2. The minimum absolute atomic E-state index is 0.641. The second-order valence-electron chi connectivity index (χ2n) is 11.2. The largest absolute Gasteiger partial charge is 0.438 e.